The maximum Gasteiger partial charge on any atom is 0.229 e. The standard InChI is InChI=1S/C12H14N4O2/c1-7-3-11(15-18-7)14-12(17)10-4-9(10)8-5-13-16(2)6-8/h3,5-6,9-10H,4H2,1-2H3,(H,14,15,17)/t9-,10+/m1/s1. The van der Waals surface area contributed by atoms with Gasteiger partial charge in [0.1, 0.15) is 5.76 Å². The molecule has 2 heterocycles. The van der Waals surface area contributed by atoms with Crippen LogP contribution in [0.5, 0.6) is 0 Å². The van der Waals surface area contributed by atoms with Crippen molar-refractivity contribution in [2.75, 3.05) is 5.32 Å². The van der Waals surface area contributed by atoms with Crippen molar-refractivity contribution in [3.63, 3.8) is 0 Å². The van der Waals surface area contributed by atoms with E-state index < -0.39 is 0 Å². The van der Waals surface area contributed by atoms with Gasteiger partial charge in [0.25, 0.3) is 0 Å². The summed E-state index contributed by atoms with van der Waals surface area (Å²) in [5, 5.41) is 10.6. The van der Waals surface area contributed by atoms with Crippen LogP contribution >= 0.6 is 0 Å². The number of carbonyl (C=O) groups is 1. The zero-order valence-electron chi connectivity index (χ0n) is 10.3. The van der Waals surface area contributed by atoms with E-state index in [1.807, 2.05) is 19.4 Å². The van der Waals surface area contributed by atoms with Gasteiger partial charge in [-0.2, -0.15) is 5.10 Å². The third-order valence-corrected chi connectivity index (χ3v) is 3.16. The van der Waals surface area contributed by atoms with Crippen molar-refractivity contribution in [2.24, 2.45) is 13.0 Å². The fraction of sp³-hybridized carbons (Fsp3) is 0.417. The highest BCUT2D eigenvalue weighted by atomic mass is 16.5. The maximum atomic E-state index is 12.0. The molecule has 0 aromatic carbocycles. The maximum absolute atomic E-state index is 12.0. The van der Waals surface area contributed by atoms with E-state index in [4.69, 9.17) is 4.52 Å². The molecule has 94 valence electrons. The molecular weight excluding hydrogens is 232 g/mol. The Morgan fingerprint density at radius 1 is 1.61 bits per heavy atom. The molecule has 3 rings (SSSR count). The first kappa shape index (κ1) is 11.0. The predicted octanol–water partition coefficient (Wildman–Crippen LogP) is 1.46. The Morgan fingerprint density at radius 3 is 3.06 bits per heavy atom. The van der Waals surface area contributed by atoms with Crippen molar-refractivity contribution in [3.05, 3.63) is 29.8 Å². The zero-order chi connectivity index (χ0) is 12.7. The summed E-state index contributed by atoms with van der Waals surface area (Å²) >= 11 is 0. The molecular formula is C12H14N4O2. The number of aromatic nitrogens is 3. The number of hydrogen-bond acceptors (Lipinski definition) is 4. The molecule has 6 nitrogen and oxygen atoms in total. The molecule has 1 N–H and O–H groups in total. The van der Waals surface area contributed by atoms with E-state index in [2.05, 4.69) is 15.6 Å². The molecule has 0 aliphatic heterocycles. The summed E-state index contributed by atoms with van der Waals surface area (Å²) in [6, 6.07) is 1.71. The number of carbonyl (C=O) groups excluding carboxylic acids is 1. The second kappa shape index (κ2) is 3.97. The second-order valence-electron chi connectivity index (χ2n) is 4.71. The molecule has 1 saturated carbocycles. The quantitative estimate of drug-likeness (QED) is 0.889. The first-order chi connectivity index (χ1) is 8.63. The van der Waals surface area contributed by atoms with Crippen LogP contribution < -0.4 is 5.32 Å². The van der Waals surface area contributed by atoms with Crippen molar-refractivity contribution in [1.82, 2.24) is 14.9 Å². The summed E-state index contributed by atoms with van der Waals surface area (Å²) < 4.78 is 6.66. The second-order valence-corrected chi connectivity index (χ2v) is 4.71. The molecule has 1 aliphatic rings. The van der Waals surface area contributed by atoms with Crippen LogP contribution in [0.2, 0.25) is 0 Å². The molecule has 1 aliphatic carbocycles. The highest BCUT2D eigenvalue weighted by Crippen LogP contribution is 2.47. The highest BCUT2D eigenvalue weighted by Gasteiger charge is 2.44. The molecule has 1 amide bonds. The minimum Gasteiger partial charge on any atom is -0.360 e. The van der Waals surface area contributed by atoms with E-state index in [1.54, 1.807) is 17.7 Å². The van der Waals surface area contributed by atoms with Gasteiger partial charge in [0.05, 0.1) is 6.20 Å². The molecule has 0 radical (unpaired) electrons. The monoisotopic (exact) mass is 246 g/mol. The Kier molecular flexibility index (Phi) is 2.43. The molecule has 2 atom stereocenters. The van der Waals surface area contributed by atoms with E-state index >= 15 is 0 Å². The number of nitrogens with one attached hydrogen (secondary N) is 1. The van der Waals surface area contributed by atoms with Crippen LogP contribution in [0.4, 0.5) is 5.82 Å². The highest BCUT2D eigenvalue weighted by molar-refractivity contribution is 5.94. The molecule has 2 aromatic heterocycles. The lowest BCUT2D eigenvalue weighted by Gasteiger charge is -1.99. The van der Waals surface area contributed by atoms with Gasteiger partial charge in [0.2, 0.25) is 5.91 Å². The van der Waals surface area contributed by atoms with Crippen LogP contribution in [0.3, 0.4) is 0 Å². The summed E-state index contributed by atoms with van der Waals surface area (Å²) in [4.78, 5) is 12.0. The molecule has 6 heteroatoms. The number of rotatable bonds is 3. The predicted molar refractivity (Wildman–Crippen MR) is 63.9 cm³/mol. The van der Waals surface area contributed by atoms with Gasteiger partial charge in [-0.25, -0.2) is 0 Å². The lowest BCUT2D eigenvalue weighted by atomic mass is 10.2. The van der Waals surface area contributed by atoms with E-state index in [1.165, 1.54) is 0 Å². The first-order valence-corrected chi connectivity index (χ1v) is 5.86. The smallest absolute Gasteiger partial charge is 0.229 e. The Bertz CT molecular complexity index is 586. The number of anilines is 1. The van der Waals surface area contributed by atoms with Gasteiger partial charge < -0.3 is 9.84 Å². The van der Waals surface area contributed by atoms with Crippen LogP contribution in [-0.2, 0) is 11.8 Å². The topological polar surface area (TPSA) is 73.0 Å². The molecule has 2 aromatic rings. The molecule has 18 heavy (non-hydrogen) atoms. The summed E-state index contributed by atoms with van der Waals surface area (Å²) in [6.45, 7) is 1.79. The van der Waals surface area contributed by atoms with E-state index in [-0.39, 0.29) is 17.7 Å². The third kappa shape index (κ3) is 2.01. The van der Waals surface area contributed by atoms with Gasteiger partial charge in [-0.15, -0.1) is 0 Å². The van der Waals surface area contributed by atoms with E-state index in [0.29, 0.717) is 11.6 Å². The number of hydrogen-bond donors (Lipinski definition) is 1. The summed E-state index contributed by atoms with van der Waals surface area (Å²) in [6.07, 6.45) is 4.64. The Balaban J connectivity index is 1.62. The van der Waals surface area contributed by atoms with Crippen molar-refractivity contribution in [1.29, 1.82) is 0 Å². The summed E-state index contributed by atoms with van der Waals surface area (Å²) in [7, 11) is 1.87. The van der Waals surface area contributed by atoms with Crippen LogP contribution in [-0.4, -0.2) is 20.8 Å². The number of aryl methyl sites for hydroxylation is 2. The van der Waals surface area contributed by atoms with Crippen LogP contribution in [0.25, 0.3) is 0 Å². The number of nitrogens with zero attached hydrogens (tertiary/aromatic N) is 3. The van der Waals surface area contributed by atoms with Crippen LogP contribution in [0.1, 0.15) is 23.7 Å². The van der Waals surface area contributed by atoms with Crippen molar-refractivity contribution in [3.8, 4) is 0 Å². The van der Waals surface area contributed by atoms with Gasteiger partial charge in [-0.05, 0) is 24.8 Å². The third-order valence-electron chi connectivity index (χ3n) is 3.16. The Morgan fingerprint density at radius 2 is 2.44 bits per heavy atom. The van der Waals surface area contributed by atoms with E-state index in [0.717, 1.165) is 12.0 Å². The van der Waals surface area contributed by atoms with Gasteiger partial charge in [-0.1, -0.05) is 5.16 Å². The average molecular weight is 246 g/mol. The average Bonchev–Trinajstić information content (AvgIpc) is 2.86. The number of amides is 1. The minimum atomic E-state index is -0.00264. The van der Waals surface area contributed by atoms with Crippen molar-refractivity contribution in [2.45, 2.75) is 19.3 Å². The van der Waals surface area contributed by atoms with Crippen molar-refractivity contribution >= 4 is 11.7 Å². The van der Waals surface area contributed by atoms with Gasteiger partial charge in [-0.3, -0.25) is 9.48 Å². The lowest BCUT2D eigenvalue weighted by molar-refractivity contribution is -0.117. The largest absolute Gasteiger partial charge is 0.360 e. The first-order valence-electron chi connectivity index (χ1n) is 5.86. The summed E-state index contributed by atoms with van der Waals surface area (Å²) in [5.74, 6) is 1.47. The van der Waals surface area contributed by atoms with E-state index in [9.17, 15) is 4.79 Å². The minimum absolute atomic E-state index is 0.00264. The fourth-order valence-corrected chi connectivity index (χ4v) is 2.13. The van der Waals surface area contributed by atoms with Gasteiger partial charge in [0, 0.05) is 25.2 Å². The molecule has 1 fully saturated rings. The molecule has 0 spiro atoms. The van der Waals surface area contributed by atoms with Crippen LogP contribution in [0.15, 0.2) is 23.0 Å². The van der Waals surface area contributed by atoms with Gasteiger partial charge >= 0.3 is 0 Å². The Hall–Kier alpha value is -2.11. The zero-order valence-corrected chi connectivity index (χ0v) is 10.3. The van der Waals surface area contributed by atoms with Crippen LogP contribution in [0, 0.1) is 12.8 Å². The van der Waals surface area contributed by atoms with Gasteiger partial charge in [0.15, 0.2) is 5.82 Å². The molecule has 0 unspecified atom stereocenters. The fourth-order valence-electron chi connectivity index (χ4n) is 2.13. The van der Waals surface area contributed by atoms with Crippen molar-refractivity contribution < 1.29 is 9.32 Å². The SMILES string of the molecule is Cc1cc(NC(=O)[C@H]2C[C@@H]2c2cnn(C)c2)no1. The normalized spacial score (nSPS) is 21.9. The summed E-state index contributed by atoms with van der Waals surface area (Å²) in [5.41, 5.74) is 1.12. The molecule has 0 saturated heterocycles. The lowest BCUT2D eigenvalue weighted by Crippen LogP contribution is -2.14. The Labute approximate surface area is 104 Å². The molecule has 0 bridgehead atoms.